The molecule has 164 valence electrons. The van der Waals surface area contributed by atoms with Crippen molar-refractivity contribution in [2.75, 3.05) is 0 Å². The highest BCUT2D eigenvalue weighted by Crippen LogP contribution is 2.22. The first-order valence-electron chi connectivity index (χ1n) is 10.3. The molecule has 0 bridgehead atoms. The van der Waals surface area contributed by atoms with E-state index in [4.69, 9.17) is 0 Å². The number of hydrogen-bond donors (Lipinski definition) is 2. The fraction of sp³-hybridized carbons (Fsp3) is 0.217. The van der Waals surface area contributed by atoms with Crippen LogP contribution in [0.2, 0.25) is 0 Å². The number of aromatic amines is 1. The van der Waals surface area contributed by atoms with Gasteiger partial charge in [0.1, 0.15) is 5.56 Å². The summed E-state index contributed by atoms with van der Waals surface area (Å²) in [6.45, 7) is 6.72. The predicted octanol–water partition coefficient (Wildman–Crippen LogP) is 2.45. The van der Waals surface area contributed by atoms with E-state index in [0.29, 0.717) is 24.5 Å². The molecule has 2 aromatic carbocycles. The molecular formula is C23H23N5O4. The first-order valence-corrected chi connectivity index (χ1v) is 10.3. The van der Waals surface area contributed by atoms with Gasteiger partial charge in [-0.2, -0.15) is 0 Å². The number of aromatic hydroxyl groups is 1. The molecule has 0 atom stereocenters. The molecule has 0 saturated carbocycles. The number of hydrogen-bond acceptors (Lipinski definition) is 5. The zero-order chi connectivity index (χ0) is 23.0. The lowest BCUT2D eigenvalue weighted by molar-refractivity contribution is 0.430. The summed E-state index contributed by atoms with van der Waals surface area (Å²) in [4.78, 5) is 43.8. The molecule has 0 amide bonds. The van der Waals surface area contributed by atoms with Gasteiger partial charge in [-0.15, -0.1) is 0 Å². The Morgan fingerprint density at radius 1 is 1.00 bits per heavy atom. The van der Waals surface area contributed by atoms with Crippen LogP contribution in [0, 0.1) is 6.92 Å². The zero-order valence-electron chi connectivity index (χ0n) is 18.0. The van der Waals surface area contributed by atoms with E-state index in [2.05, 4.69) is 9.98 Å². The van der Waals surface area contributed by atoms with Crippen molar-refractivity contribution in [2.45, 2.75) is 33.9 Å². The Balaban J connectivity index is 1.83. The van der Waals surface area contributed by atoms with Gasteiger partial charge in [-0.1, -0.05) is 12.1 Å². The molecule has 9 nitrogen and oxygen atoms in total. The third kappa shape index (κ3) is 3.47. The van der Waals surface area contributed by atoms with Crippen molar-refractivity contribution in [2.24, 2.45) is 4.99 Å². The maximum Gasteiger partial charge on any atom is 0.335 e. The summed E-state index contributed by atoms with van der Waals surface area (Å²) < 4.78 is 4.36. The van der Waals surface area contributed by atoms with E-state index in [-0.39, 0.29) is 11.3 Å². The van der Waals surface area contributed by atoms with Crippen molar-refractivity contribution in [1.29, 1.82) is 0 Å². The molecule has 0 aliphatic rings. The molecule has 9 heteroatoms. The van der Waals surface area contributed by atoms with Crippen LogP contribution in [0.1, 0.15) is 25.0 Å². The van der Waals surface area contributed by atoms with Gasteiger partial charge in [-0.3, -0.25) is 23.9 Å². The number of nitrogens with zero attached hydrogens (tertiary/aromatic N) is 4. The summed E-state index contributed by atoms with van der Waals surface area (Å²) in [6.07, 6.45) is 1.21. The topological polar surface area (TPSA) is 114 Å². The normalized spacial score (nSPS) is 11.6. The van der Waals surface area contributed by atoms with Crippen molar-refractivity contribution in [1.82, 2.24) is 18.7 Å². The number of rotatable bonds is 5. The second-order valence-corrected chi connectivity index (χ2v) is 7.37. The SMILES string of the molecule is CCn1c(=O)n(CC)c2cc(N=Cc3c(O)n(-c4cccc(C)c4)c(=O)[nH]c3=O)ccc21. The third-order valence-corrected chi connectivity index (χ3v) is 5.36. The van der Waals surface area contributed by atoms with Gasteiger partial charge in [-0.05, 0) is 56.7 Å². The molecule has 2 N–H and O–H groups in total. The Bertz CT molecular complexity index is 1540. The molecule has 0 fully saturated rings. The summed E-state index contributed by atoms with van der Waals surface area (Å²) in [7, 11) is 0. The highest BCUT2D eigenvalue weighted by molar-refractivity contribution is 5.86. The Morgan fingerprint density at radius 2 is 1.72 bits per heavy atom. The Morgan fingerprint density at radius 3 is 2.41 bits per heavy atom. The summed E-state index contributed by atoms with van der Waals surface area (Å²) in [5.74, 6) is -0.503. The second kappa shape index (κ2) is 8.18. The lowest BCUT2D eigenvalue weighted by Gasteiger charge is -2.10. The molecule has 32 heavy (non-hydrogen) atoms. The van der Waals surface area contributed by atoms with Gasteiger partial charge in [0.2, 0.25) is 5.88 Å². The molecule has 2 aromatic heterocycles. The second-order valence-electron chi connectivity index (χ2n) is 7.37. The number of aromatic nitrogens is 4. The zero-order valence-corrected chi connectivity index (χ0v) is 18.0. The number of imidazole rings is 1. The highest BCUT2D eigenvalue weighted by atomic mass is 16.3. The molecule has 2 heterocycles. The van der Waals surface area contributed by atoms with E-state index in [1.54, 1.807) is 45.5 Å². The molecular weight excluding hydrogens is 410 g/mol. The fourth-order valence-electron chi connectivity index (χ4n) is 3.80. The number of aryl methyl sites for hydroxylation is 3. The van der Waals surface area contributed by atoms with Gasteiger partial charge in [0.05, 0.1) is 22.4 Å². The number of aliphatic imine (C=N–C) groups is 1. The summed E-state index contributed by atoms with van der Waals surface area (Å²) >= 11 is 0. The average molecular weight is 433 g/mol. The van der Waals surface area contributed by atoms with Crippen LogP contribution in [0.4, 0.5) is 5.69 Å². The molecule has 0 spiro atoms. The van der Waals surface area contributed by atoms with Crippen LogP contribution in [0.5, 0.6) is 5.88 Å². The maximum absolute atomic E-state index is 12.5. The minimum absolute atomic E-state index is 0.0922. The lowest BCUT2D eigenvalue weighted by Crippen LogP contribution is -2.31. The largest absolute Gasteiger partial charge is 0.493 e. The first-order chi connectivity index (χ1) is 15.3. The maximum atomic E-state index is 12.5. The fourth-order valence-corrected chi connectivity index (χ4v) is 3.80. The van der Waals surface area contributed by atoms with E-state index >= 15 is 0 Å². The Kier molecular flexibility index (Phi) is 5.40. The van der Waals surface area contributed by atoms with Crippen LogP contribution in [0.3, 0.4) is 0 Å². The molecule has 0 unspecified atom stereocenters. The lowest BCUT2D eigenvalue weighted by atomic mass is 10.2. The Hall–Kier alpha value is -4.14. The van der Waals surface area contributed by atoms with E-state index in [9.17, 15) is 19.5 Å². The monoisotopic (exact) mass is 433 g/mol. The van der Waals surface area contributed by atoms with Crippen LogP contribution < -0.4 is 16.9 Å². The quantitative estimate of drug-likeness (QED) is 0.471. The van der Waals surface area contributed by atoms with Crippen LogP contribution in [-0.4, -0.2) is 30.0 Å². The van der Waals surface area contributed by atoms with Gasteiger partial charge >= 0.3 is 11.4 Å². The van der Waals surface area contributed by atoms with E-state index < -0.39 is 17.1 Å². The van der Waals surface area contributed by atoms with Gasteiger partial charge < -0.3 is 5.11 Å². The van der Waals surface area contributed by atoms with Crippen LogP contribution in [-0.2, 0) is 13.1 Å². The molecule has 0 aliphatic carbocycles. The van der Waals surface area contributed by atoms with Crippen molar-refractivity contribution in [3.63, 3.8) is 0 Å². The smallest absolute Gasteiger partial charge is 0.335 e. The summed E-state index contributed by atoms with van der Waals surface area (Å²) in [5, 5.41) is 10.7. The summed E-state index contributed by atoms with van der Waals surface area (Å²) in [5.41, 5.74) is 1.62. The minimum Gasteiger partial charge on any atom is -0.493 e. The van der Waals surface area contributed by atoms with Crippen LogP contribution in [0.15, 0.2) is 61.8 Å². The number of benzene rings is 2. The minimum atomic E-state index is -0.746. The predicted molar refractivity (Wildman–Crippen MR) is 124 cm³/mol. The number of H-pyrrole nitrogens is 1. The molecule has 4 rings (SSSR count). The highest BCUT2D eigenvalue weighted by Gasteiger charge is 2.15. The standard InChI is InChI=1S/C23H23N5O4/c1-4-26-18-10-9-15(12-19(18)27(5-2)23(26)32)24-13-17-20(29)25-22(31)28(21(17)30)16-8-6-7-14(3)11-16/h6-13,30H,4-5H2,1-3H3,(H,25,29,31). The van der Waals surface area contributed by atoms with Crippen molar-refractivity contribution < 1.29 is 5.11 Å². The van der Waals surface area contributed by atoms with Crippen molar-refractivity contribution in [3.8, 4) is 11.6 Å². The molecule has 0 saturated heterocycles. The van der Waals surface area contributed by atoms with Crippen LogP contribution in [0.25, 0.3) is 16.7 Å². The molecule has 4 aromatic rings. The van der Waals surface area contributed by atoms with E-state index in [1.165, 1.54) is 6.21 Å². The molecule has 0 aliphatic heterocycles. The first kappa shape index (κ1) is 21.1. The van der Waals surface area contributed by atoms with Crippen LogP contribution >= 0.6 is 0 Å². The van der Waals surface area contributed by atoms with Gasteiger partial charge in [0.15, 0.2) is 0 Å². The molecule has 0 radical (unpaired) electrons. The Labute approximate surface area is 182 Å². The van der Waals surface area contributed by atoms with Gasteiger partial charge in [0.25, 0.3) is 5.56 Å². The van der Waals surface area contributed by atoms with Gasteiger partial charge in [0, 0.05) is 19.3 Å². The number of fused-ring (bicyclic) bond motifs is 1. The van der Waals surface area contributed by atoms with Gasteiger partial charge in [-0.25, -0.2) is 14.2 Å². The average Bonchev–Trinajstić information content (AvgIpc) is 3.03. The third-order valence-electron chi connectivity index (χ3n) is 5.36. The van der Waals surface area contributed by atoms with Crippen molar-refractivity contribution >= 4 is 22.9 Å². The van der Waals surface area contributed by atoms with Crippen molar-refractivity contribution in [3.05, 3.63) is 84.9 Å². The van der Waals surface area contributed by atoms with E-state index in [0.717, 1.165) is 21.2 Å². The number of nitrogens with one attached hydrogen (secondary N) is 1. The van der Waals surface area contributed by atoms with E-state index in [1.807, 2.05) is 26.8 Å². The summed E-state index contributed by atoms with van der Waals surface area (Å²) in [6, 6.07) is 12.3.